The van der Waals surface area contributed by atoms with E-state index in [0.29, 0.717) is 0 Å². The molecular formula is C15H19N3. The summed E-state index contributed by atoms with van der Waals surface area (Å²) >= 11 is 0. The summed E-state index contributed by atoms with van der Waals surface area (Å²) < 4.78 is 1.91. The van der Waals surface area contributed by atoms with Gasteiger partial charge in [0.15, 0.2) is 0 Å². The molecule has 0 atom stereocenters. The van der Waals surface area contributed by atoms with Crippen LogP contribution in [0.4, 0.5) is 5.69 Å². The number of hydrogen-bond donors (Lipinski definition) is 1. The van der Waals surface area contributed by atoms with Crippen molar-refractivity contribution in [2.45, 2.75) is 25.7 Å². The van der Waals surface area contributed by atoms with E-state index in [1.54, 1.807) is 0 Å². The van der Waals surface area contributed by atoms with Gasteiger partial charge in [0.25, 0.3) is 0 Å². The molecule has 1 saturated carbocycles. The van der Waals surface area contributed by atoms with Crippen LogP contribution in [-0.2, 0) is 0 Å². The van der Waals surface area contributed by atoms with E-state index in [1.807, 2.05) is 23.1 Å². The highest BCUT2D eigenvalue weighted by Crippen LogP contribution is 2.26. The number of rotatable bonds is 4. The fraction of sp³-hybridized carbons (Fsp3) is 0.400. The number of anilines is 1. The lowest BCUT2D eigenvalue weighted by Gasteiger charge is -2.15. The van der Waals surface area contributed by atoms with Gasteiger partial charge in [-0.1, -0.05) is 25.0 Å². The van der Waals surface area contributed by atoms with Crippen LogP contribution in [0.15, 0.2) is 42.7 Å². The van der Waals surface area contributed by atoms with Gasteiger partial charge in [0.2, 0.25) is 0 Å². The first-order chi connectivity index (χ1) is 8.93. The van der Waals surface area contributed by atoms with E-state index in [9.17, 15) is 0 Å². The molecule has 1 aromatic heterocycles. The molecule has 0 radical (unpaired) electrons. The summed E-state index contributed by atoms with van der Waals surface area (Å²) in [5.41, 5.74) is 2.30. The number of nitrogens with one attached hydrogen (secondary N) is 1. The van der Waals surface area contributed by atoms with Crippen LogP contribution in [0, 0.1) is 5.92 Å². The van der Waals surface area contributed by atoms with E-state index >= 15 is 0 Å². The molecule has 0 aliphatic heterocycles. The minimum Gasteiger partial charge on any atom is -0.383 e. The zero-order valence-corrected chi connectivity index (χ0v) is 10.5. The lowest BCUT2D eigenvalue weighted by molar-refractivity contribution is 0.579. The van der Waals surface area contributed by atoms with Crippen molar-refractivity contribution in [2.75, 3.05) is 11.9 Å². The maximum Gasteiger partial charge on any atom is 0.0876 e. The molecule has 0 bridgehead atoms. The molecule has 0 amide bonds. The molecule has 1 N–H and O–H groups in total. The maximum atomic E-state index is 4.30. The number of hydrogen-bond acceptors (Lipinski definition) is 2. The third-order valence-electron chi connectivity index (χ3n) is 3.71. The maximum absolute atomic E-state index is 4.30. The second-order valence-electron chi connectivity index (χ2n) is 5.00. The summed E-state index contributed by atoms with van der Waals surface area (Å²) in [7, 11) is 0. The van der Waals surface area contributed by atoms with Crippen molar-refractivity contribution in [2.24, 2.45) is 5.92 Å². The molecule has 3 heteroatoms. The summed E-state index contributed by atoms with van der Waals surface area (Å²) in [6, 6.07) is 10.3. The zero-order valence-electron chi connectivity index (χ0n) is 10.5. The van der Waals surface area contributed by atoms with Crippen LogP contribution in [0.2, 0.25) is 0 Å². The average molecular weight is 241 g/mol. The van der Waals surface area contributed by atoms with Crippen molar-refractivity contribution in [3.8, 4) is 5.69 Å². The first-order valence-electron chi connectivity index (χ1n) is 6.76. The van der Waals surface area contributed by atoms with Crippen LogP contribution in [0.1, 0.15) is 25.7 Å². The standard InChI is InChI=1S/C15H19N3/c1-2-7-13(6-1)12-16-14-8-3-4-9-15(14)18-11-5-10-17-18/h3-5,8-11,13,16H,1-2,6-7,12H2. The summed E-state index contributed by atoms with van der Waals surface area (Å²) in [4.78, 5) is 0. The molecule has 0 spiro atoms. The predicted octanol–water partition coefficient (Wildman–Crippen LogP) is 3.47. The molecule has 0 unspecified atom stereocenters. The fourth-order valence-corrected chi connectivity index (χ4v) is 2.70. The first kappa shape index (κ1) is 11.3. The van der Waals surface area contributed by atoms with Gasteiger partial charge >= 0.3 is 0 Å². The monoisotopic (exact) mass is 241 g/mol. The van der Waals surface area contributed by atoms with Crippen molar-refractivity contribution < 1.29 is 0 Å². The van der Waals surface area contributed by atoms with Gasteiger partial charge < -0.3 is 5.32 Å². The molecule has 1 fully saturated rings. The molecule has 18 heavy (non-hydrogen) atoms. The number of nitrogens with zero attached hydrogens (tertiary/aromatic N) is 2. The highest BCUT2D eigenvalue weighted by Gasteiger charge is 2.15. The summed E-state index contributed by atoms with van der Waals surface area (Å²) in [5, 5.41) is 7.89. The molecule has 2 aromatic rings. The minimum atomic E-state index is 0.843. The fourth-order valence-electron chi connectivity index (χ4n) is 2.70. The molecule has 94 valence electrons. The molecule has 1 heterocycles. The average Bonchev–Trinajstić information content (AvgIpc) is 3.10. The Hall–Kier alpha value is -1.77. The second kappa shape index (κ2) is 5.25. The van der Waals surface area contributed by atoms with Crippen LogP contribution < -0.4 is 5.32 Å². The van der Waals surface area contributed by atoms with E-state index in [2.05, 4.69) is 34.7 Å². The number of benzene rings is 1. The number of aromatic nitrogens is 2. The lowest BCUT2D eigenvalue weighted by atomic mass is 10.1. The van der Waals surface area contributed by atoms with Crippen LogP contribution >= 0.6 is 0 Å². The van der Waals surface area contributed by atoms with E-state index < -0.39 is 0 Å². The van der Waals surface area contributed by atoms with Crippen molar-refractivity contribution in [3.05, 3.63) is 42.7 Å². The highest BCUT2D eigenvalue weighted by molar-refractivity contribution is 5.60. The molecular weight excluding hydrogens is 222 g/mol. The Morgan fingerprint density at radius 2 is 2.00 bits per heavy atom. The van der Waals surface area contributed by atoms with Gasteiger partial charge in [-0.3, -0.25) is 0 Å². The van der Waals surface area contributed by atoms with Crippen LogP contribution in [0.5, 0.6) is 0 Å². The van der Waals surface area contributed by atoms with Crippen molar-refractivity contribution in [3.63, 3.8) is 0 Å². The van der Waals surface area contributed by atoms with Gasteiger partial charge in [0.05, 0.1) is 11.4 Å². The second-order valence-corrected chi connectivity index (χ2v) is 5.00. The van der Waals surface area contributed by atoms with E-state index in [4.69, 9.17) is 0 Å². The number of para-hydroxylation sites is 2. The SMILES string of the molecule is c1ccc(-n2cccn2)c(NCC2CCCC2)c1. The molecule has 1 aromatic carbocycles. The van der Waals surface area contributed by atoms with Gasteiger partial charge in [0.1, 0.15) is 0 Å². The third-order valence-corrected chi connectivity index (χ3v) is 3.71. The Labute approximate surface area is 108 Å². The Bertz CT molecular complexity index is 484. The molecule has 3 rings (SSSR count). The van der Waals surface area contributed by atoms with E-state index in [-0.39, 0.29) is 0 Å². The molecule has 1 aliphatic rings. The van der Waals surface area contributed by atoms with Crippen LogP contribution in [0.3, 0.4) is 0 Å². The summed E-state index contributed by atoms with van der Waals surface area (Å²) in [6.07, 6.45) is 9.33. The third kappa shape index (κ3) is 2.40. The summed E-state index contributed by atoms with van der Waals surface area (Å²) in [5.74, 6) is 0.843. The van der Waals surface area contributed by atoms with Crippen LogP contribution in [0.25, 0.3) is 5.69 Å². The predicted molar refractivity (Wildman–Crippen MR) is 74.0 cm³/mol. The van der Waals surface area contributed by atoms with Gasteiger partial charge in [-0.15, -0.1) is 0 Å². The van der Waals surface area contributed by atoms with Crippen molar-refractivity contribution in [1.82, 2.24) is 9.78 Å². The largest absolute Gasteiger partial charge is 0.383 e. The van der Waals surface area contributed by atoms with E-state index in [1.165, 1.54) is 31.4 Å². The van der Waals surface area contributed by atoms with Gasteiger partial charge in [-0.25, -0.2) is 4.68 Å². The molecule has 3 nitrogen and oxygen atoms in total. The molecule has 1 aliphatic carbocycles. The van der Waals surface area contributed by atoms with Crippen LogP contribution in [-0.4, -0.2) is 16.3 Å². The summed E-state index contributed by atoms with van der Waals surface area (Å²) in [6.45, 7) is 1.08. The van der Waals surface area contributed by atoms with Gasteiger partial charge in [-0.2, -0.15) is 5.10 Å². The highest BCUT2D eigenvalue weighted by atomic mass is 15.3. The van der Waals surface area contributed by atoms with Crippen molar-refractivity contribution >= 4 is 5.69 Å². The Balaban J connectivity index is 1.75. The Morgan fingerprint density at radius 1 is 1.17 bits per heavy atom. The quantitative estimate of drug-likeness (QED) is 0.888. The van der Waals surface area contributed by atoms with Gasteiger partial charge in [0, 0.05) is 18.9 Å². The Morgan fingerprint density at radius 3 is 2.78 bits per heavy atom. The Kier molecular flexibility index (Phi) is 3.31. The van der Waals surface area contributed by atoms with Gasteiger partial charge in [-0.05, 0) is 37.0 Å². The topological polar surface area (TPSA) is 29.9 Å². The molecule has 0 saturated heterocycles. The van der Waals surface area contributed by atoms with E-state index in [0.717, 1.165) is 18.2 Å². The lowest BCUT2D eigenvalue weighted by Crippen LogP contribution is -2.12. The normalized spacial score (nSPS) is 16.0. The zero-order chi connectivity index (χ0) is 12.2. The smallest absolute Gasteiger partial charge is 0.0876 e. The first-order valence-corrected chi connectivity index (χ1v) is 6.76. The minimum absolute atomic E-state index is 0.843. The van der Waals surface area contributed by atoms with Crippen molar-refractivity contribution in [1.29, 1.82) is 0 Å².